The van der Waals surface area contributed by atoms with Gasteiger partial charge in [0.15, 0.2) is 0 Å². The summed E-state index contributed by atoms with van der Waals surface area (Å²) in [5.74, 6) is 0. The molecule has 1 aromatic rings. The summed E-state index contributed by atoms with van der Waals surface area (Å²) in [6.45, 7) is 11.3. The van der Waals surface area contributed by atoms with Crippen molar-refractivity contribution in [1.29, 1.82) is 5.26 Å². The fourth-order valence-corrected chi connectivity index (χ4v) is 3.91. The van der Waals surface area contributed by atoms with Crippen molar-refractivity contribution in [1.82, 2.24) is 10.2 Å². The molecule has 0 bridgehead atoms. The number of morpholine rings is 1. The number of nitrogens with zero attached hydrogens (tertiary/aromatic N) is 2. The standard InChI is InChI=1S/C18H29N3OS/c1-15-13-21(9-10-22-15)16(17-6-4-11-23-17)12-20-14-18(2,3)7-5-8-19/h4,6,11,15-16,20H,5,7,9-10,12-14H2,1-3H3. The van der Waals surface area contributed by atoms with Gasteiger partial charge < -0.3 is 10.1 Å². The van der Waals surface area contributed by atoms with Gasteiger partial charge in [0.25, 0.3) is 0 Å². The zero-order valence-electron chi connectivity index (χ0n) is 14.5. The van der Waals surface area contributed by atoms with Crippen LogP contribution in [0.2, 0.25) is 0 Å². The van der Waals surface area contributed by atoms with Crippen molar-refractivity contribution < 1.29 is 4.74 Å². The molecule has 1 fully saturated rings. The second kappa shape index (κ2) is 8.79. The Labute approximate surface area is 144 Å². The number of thiophene rings is 1. The number of rotatable bonds is 8. The first kappa shape index (κ1) is 18.4. The summed E-state index contributed by atoms with van der Waals surface area (Å²) < 4.78 is 5.69. The molecule has 0 radical (unpaired) electrons. The van der Waals surface area contributed by atoms with Gasteiger partial charge in [-0.05, 0) is 30.2 Å². The van der Waals surface area contributed by atoms with Crippen LogP contribution in [0.4, 0.5) is 0 Å². The molecule has 1 aromatic heterocycles. The van der Waals surface area contributed by atoms with Crippen LogP contribution in [-0.4, -0.2) is 43.8 Å². The van der Waals surface area contributed by atoms with Crippen molar-refractivity contribution in [3.8, 4) is 6.07 Å². The molecule has 2 heterocycles. The summed E-state index contributed by atoms with van der Waals surface area (Å²) in [6, 6.07) is 7.03. The van der Waals surface area contributed by atoms with Crippen LogP contribution in [0.1, 0.15) is 44.5 Å². The molecule has 0 aromatic carbocycles. The molecule has 0 saturated carbocycles. The Bertz CT molecular complexity index is 495. The Morgan fingerprint density at radius 3 is 3.04 bits per heavy atom. The maximum atomic E-state index is 8.78. The van der Waals surface area contributed by atoms with E-state index in [2.05, 4.69) is 54.6 Å². The second-order valence-electron chi connectivity index (χ2n) is 7.16. The van der Waals surface area contributed by atoms with Crippen LogP contribution in [0.5, 0.6) is 0 Å². The third kappa shape index (κ3) is 5.89. The SMILES string of the molecule is CC1CN(C(CNCC(C)(C)CCC#N)c2cccs2)CCO1. The Morgan fingerprint density at radius 1 is 1.57 bits per heavy atom. The molecule has 5 heteroatoms. The van der Waals surface area contributed by atoms with E-state index in [9.17, 15) is 0 Å². The Balaban J connectivity index is 1.92. The Hall–Kier alpha value is -0.930. The summed E-state index contributed by atoms with van der Waals surface area (Å²) in [7, 11) is 0. The average molecular weight is 336 g/mol. The summed E-state index contributed by atoms with van der Waals surface area (Å²) in [5, 5.41) is 14.6. The van der Waals surface area contributed by atoms with Gasteiger partial charge in [-0.1, -0.05) is 19.9 Å². The Kier molecular flexibility index (Phi) is 7.04. The number of hydrogen-bond acceptors (Lipinski definition) is 5. The van der Waals surface area contributed by atoms with Gasteiger partial charge >= 0.3 is 0 Å². The first-order valence-electron chi connectivity index (χ1n) is 8.48. The molecule has 128 valence electrons. The number of nitriles is 1. The first-order chi connectivity index (χ1) is 11.0. The highest BCUT2D eigenvalue weighted by Gasteiger charge is 2.27. The molecule has 2 rings (SSSR count). The van der Waals surface area contributed by atoms with Crippen molar-refractivity contribution in [2.75, 3.05) is 32.8 Å². The lowest BCUT2D eigenvalue weighted by Gasteiger charge is -2.37. The molecule has 1 N–H and O–H groups in total. The molecular weight excluding hydrogens is 306 g/mol. The average Bonchev–Trinajstić information content (AvgIpc) is 3.03. The van der Waals surface area contributed by atoms with E-state index in [1.54, 1.807) is 0 Å². The molecule has 1 aliphatic heterocycles. The summed E-state index contributed by atoms with van der Waals surface area (Å²) in [4.78, 5) is 3.95. The highest BCUT2D eigenvalue weighted by atomic mass is 32.1. The predicted molar refractivity (Wildman–Crippen MR) is 95.5 cm³/mol. The fraction of sp³-hybridized carbons (Fsp3) is 0.722. The van der Waals surface area contributed by atoms with Gasteiger partial charge in [0.05, 0.1) is 24.8 Å². The molecule has 1 aliphatic rings. The minimum Gasteiger partial charge on any atom is -0.376 e. The summed E-state index contributed by atoms with van der Waals surface area (Å²) in [6.07, 6.45) is 1.87. The van der Waals surface area contributed by atoms with E-state index in [0.29, 0.717) is 18.6 Å². The van der Waals surface area contributed by atoms with Crippen molar-refractivity contribution in [2.24, 2.45) is 5.41 Å². The largest absolute Gasteiger partial charge is 0.376 e. The van der Waals surface area contributed by atoms with Gasteiger partial charge in [-0.15, -0.1) is 11.3 Å². The molecule has 0 amide bonds. The topological polar surface area (TPSA) is 48.3 Å². The van der Waals surface area contributed by atoms with E-state index in [1.807, 2.05) is 11.3 Å². The second-order valence-corrected chi connectivity index (χ2v) is 8.14. The van der Waals surface area contributed by atoms with Crippen molar-refractivity contribution in [3.63, 3.8) is 0 Å². The number of nitrogens with one attached hydrogen (secondary N) is 1. The summed E-state index contributed by atoms with van der Waals surface area (Å²) >= 11 is 1.83. The lowest BCUT2D eigenvalue weighted by Crippen LogP contribution is -2.46. The van der Waals surface area contributed by atoms with E-state index in [0.717, 1.165) is 39.2 Å². The van der Waals surface area contributed by atoms with Gasteiger partial charge in [-0.2, -0.15) is 5.26 Å². The van der Waals surface area contributed by atoms with Gasteiger partial charge in [-0.25, -0.2) is 0 Å². The van der Waals surface area contributed by atoms with E-state index in [1.165, 1.54) is 4.88 Å². The monoisotopic (exact) mass is 335 g/mol. The summed E-state index contributed by atoms with van der Waals surface area (Å²) in [5.41, 5.74) is 0.161. The first-order valence-corrected chi connectivity index (χ1v) is 9.36. The molecule has 0 spiro atoms. The quantitative estimate of drug-likeness (QED) is 0.791. The van der Waals surface area contributed by atoms with Crippen LogP contribution in [0.3, 0.4) is 0 Å². The predicted octanol–water partition coefficient (Wildman–Crippen LogP) is 3.43. The van der Waals surface area contributed by atoms with E-state index in [4.69, 9.17) is 10.00 Å². The normalized spacial score (nSPS) is 21.0. The van der Waals surface area contributed by atoms with Crippen LogP contribution in [0.15, 0.2) is 17.5 Å². The highest BCUT2D eigenvalue weighted by molar-refractivity contribution is 7.10. The zero-order valence-corrected chi connectivity index (χ0v) is 15.4. The van der Waals surface area contributed by atoms with E-state index in [-0.39, 0.29) is 5.41 Å². The molecule has 23 heavy (non-hydrogen) atoms. The van der Waals surface area contributed by atoms with Gasteiger partial charge in [0, 0.05) is 37.5 Å². The van der Waals surface area contributed by atoms with Crippen molar-refractivity contribution >= 4 is 11.3 Å². The lowest BCUT2D eigenvalue weighted by atomic mass is 9.88. The minimum absolute atomic E-state index is 0.161. The van der Waals surface area contributed by atoms with Gasteiger partial charge in [0.1, 0.15) is 0 Å². The van der Waals surface area contributed by atoms with Gasteiger partial charge in [-0.3, -0.25) is 4.90 Å². The molecular formula is C18H29N3OS. The third-order valence-corrected chi connectivity index (χ3v) is 5.41. The van der Waals surface area contributed by atoms with Crippen molar-refractivity contribution in [3.05, 3.63) is 22.4 Å². The van der Waals surface area contributed by atoms with Crippen LogP contribution < -0.4 is 5.32 Å². The number of ether oxygens (including phenoxy) is 1. The maximum Gasteiger partial charge on any atom is 0.0674 e. The smallest absolute Gasteiger partial charge is 0.0674 e. The zero-order chi connectivity index (χ0) is 16.7. The molecule has 1 saturated heterocycles. The van der Waals surface area contributed by atoms with E-state index >= 15 is 0 Å². The highest BCUT2D eigenvalue weighted by Crippen LogP contribution is 2.27. The van der Waals surface area contributed by atoms with Crippen LogP contribution in [0.25, 0.3) is 0 Å². The molecule has 4 nitrogen and oxygen atoms in total. The van der Waals surface area contributed by atoms with Crippen molar-refractivity contribution in [2.45, 2.75) is 45.8 Å². The molecule has 2 unspecified atom stereocenters. The van der Waals surface area contributed by atoms with E-state index < -0.39 is 0 Å². The van der Waals surface area contributed by atoms with Crippen LogP contribution in [-0.2, 0) is 4.74 Å². The maximum absolute atomic E-state index is 8.78. The van der Waals surface area contributed by atoms with Crippen LogP contribution >= 0.6 is 11.3 Å². The number of hydrogen-bond donors (Lipinski definition) is 1. The van der Waals surface area contributed by atoms with Crippen LogP contribution in [0, 0.1) is 16.7 Å². The lowest BCUT2D eigenvalue weighted by molar-refractivity contribution is -0.0341. The third-order valence-electron chi connectivity index (χ3n) is 4.44. The fourth-order valence-electron chi connectivity index (χ4n) is 3.05. The molecule has 2 atom stereocenters. The Morgan fingerprint density at radius 2 is 2.39 bits per heavy atom. The van der Waals surface area contributed by atoms with Gasteiger partial charge in [0.2, 0.25) is 0 Å². The molecule has 0 aliphatic carbocycles. The minimum atomic E-state index is 0.161.